The lowest BCUT2D eigenvalue weighted by Crippen LogP contribution is -2.51. The second-order valence-electron chi connectivity index (χ2n) is 6.25. The van der Waals surface area contributed by atoms with E-state index in [-0.39, 0.29) is 12.2 Å². The molecule has 0 aromatic heterocycles. The van der Waals surface area contributed by atoms with Gasteiger partial charge in [0.2, 0.25) is 0 Å². The molecule has 0 radical (unpaired) electrons. The van der Waals surface area contributed by atoms with Crippen molar-refractivity contribution in [1.82, 2.24) is 4.90 Å². The first-order valence-corrected chi connectivity index (χ1v) is 7.72. The third-order valence-corrected chi connectivity index (χ3v) is 4.20. The highest BCUT2D eigenvalue weighted by Crippen LogP contribution is 2.31. The molecule has 4 N–H and O–H groups in total. The molecule has 3 heterocycles. The zero-order chi connectivity index (χ0) is 16.7. The van der Waals surface area contributed by atoms with Crippen LogP contribution in [0.15, 0.2) is 15.0 Å². The predicted octanol–water partition coefficient (Wildman–Crippen LogP) is -1.32. The molecule has 3 rings (SSSR count). The Balaban J connectivity index is 1.73. The predicted molar refractivity (Wildman–Crippen MR) is 84.4 cm³/mol. The van der Waals surface area contributed by atoms with Crippen molar-refractivity contribution in [3.8, 4) is 0 Å². The summed E-state index contributed by atoms with van der Waals surface area (Å²) in [6.07, 6.45) is -1.43. The molecule has 23 heavy (non-hydrogen) atoms. The lowest BCUT2D eigenvalue weighted by atomic mass is 10.1. The maximum Gasteiger partial charge on any atom is 0.162 e. The van der Waals surface area contributed by atoms with Crippen LogP contribution in [0.3, 0.4) is 0 Å². The molecule has 0 bridgehead atoms. The van der Waals surface area contributed by atoms with Crippen LogP contribution in [0.5, 0.6) is 0 Å². The topological polar surface area (TPSA) is 125 Å². The van der Waals surface area contributed by atoms with Gasteiger partial charge in [0.1, 0.15) is 36.5 Å². The summed E-state index contributed by atoms with van der Waals surface area (Å²) in [6.45, 7) is 5.62. The minimum Gasteiger partial charge on any atom is -0.387 e. The van der Waals surface area contributed by atoms with Gasteiger partial charge in [0.25, 0.3) is 0 Å². The maximum atomic E-state index is 10.4. The Hall–Kier alpha value is -1.55. The van der Waals surface area contributed by atoms with Gasteiger partial charge < -0.3 is 30.3 Å². The van der Waals surface area contributed by atoms with Gasteiger partial charge in [0.05, 0.1) is 18.5 Å². The first kappa shape index (κ1) is 16.3. The van der Waals surface area contributed by atoms with Crippen molar-refractivity contribution in [3.63, 3.8) is 0 Å². The Bertz CT molecular complexity index is 537. The molecular formula is C14H23N5O4. The van der Waals surface area contributed by atoms with Crippen molar-refractivity contribution in [2.45, 2.75) is 69.7 Å². The Labute approximate surface area is 134 Å². The lowest BCUT2D eigenvalue weighted by Gasteiger charge is -2.32. The monoisotopic (exact) mass is 325 g/mol. The smallest absolute Gasteiger partial charge is 0.162 e. The third kappa shape index (κ3) is 2.85. The Morgan fingerprint density at radius 2 is 2.00 bits per heavy atom. The fraction of sp³-hybridized carbons (Fsp3) is 0.786. The number of nitrogens with two attached hydrogens (primary N) is 1. The molecule has 7 unspecified atom stereocenters. The quantitative estimate of drug-likeness (QED) is 0.589. The standard InChI is InChI=1S/C14H23N5O4/c1-6(2)22-7(3)11-9(20)10(21)14(23-11)19-5-18-8-12(15)16-4-17-13(8)19/h4-11,13-14,20-21H,1-3H3,(H2,15,16,17). The molecule has 1 fully saturated rings. The van der Waals surface area contributed by atoms with Gasteiger partial charge in [-0.25, -0.2) is 9.98 Å². The van der Waals surface area contributed by atoms with Crippen LogP contribution in [0.2, 0.25) is 0 Å². The van der Waals surface area contributed by atoms with Gasteiger partial charge in [-0.3, -0.25) is 4.99 Å². The SMILES string of the molecule is CC(C)OC(C)C1OC(N2C=NC3C(N)=NC=NC32)C(O)C1O. The van der Waals surface area contributed by atoms with Gasteiger partial charge in [-0.1, -0.05) is 0 Å². The molecule has 0 aromatic rings. The first-order chi connectivity index (χ1) is 10.9. The molecule has 128 valence electrons. The average molecular weight is 325 g/mol. The van der Waals surface area contributed by atoms with E-state index in [1.165, 1.54) is 12.7 Å². The van der Waals surface area contributed by atoms with E-state index in [0.717, 1.165) is 0 Å². The molecule has 0 aliphatic carbocycles. The minimum atomic E-state index is -1.10. The zero-order valence-corrected chi connectivity index (χ0v) is 13.4. The van der Waals surface area contributed by atoms with Crippen molar-refractivity contribution in [1.29, 1.82) is 0 Å². The first-order valence-electron chi connectivity index (χ1n) is 7.72. The van der Waals surface area contributed by atoms with E-state index < -0.39 is 36.7 Å². The second-order valence-corrected chi connectivity index (χ2v) is 6.25. The fourth-order valence-electron chi connectivity index (χ4n) is 3.13. The number of aliphatic imine (C=N–C) groups is 3. The molecule has 1 saturated heterocycles. The number of hydrogen-bond acceptors (Lipinski definition) is 9. The van der Waals surface area contributed by atoms with E-state index in [4.69, 9.17) is 15.2 Å². The second kappa shape index (κ2) is 6.16. The summed E-state index contributed by atoms with van der Waals surface area (Å²) in [4.78, 5) is 14.1. The highest BCUT2D eigenvalue weighted by Gasteiger charge is 2.51. The maximum absolute atomic E-state index is 10.4. The van der Waals surface area contributed by atoms with Crippen molar-refractivity contribution < 1.29 is 19.7 Å². The molecule has 7 atom stereocenters. The van der Waals surface area contributed by atoms with Crippen LogP contribution in [0.4, 0.5) is 0 Å². The van der Waals surface area contributed by atoms with Crippen LogP contribution in [-0.4, -0.2) is 82.6 Å². The molecule has 3 aliphatic heterocycles. The van der Waals surface area contributed by atoms with Crippen LogP contribution < -0.4 is 5.73 Å². The van der Waals surface area contributed by atoms with E-state index in [0.29, 0.717) is 5.84 Å². The van der Waals surface area contributed by atoms with Gasteiger partial charge in [-0.2, -0.15) is 0 Å². The van der Waals surface area contributed by atoms with Gasteiger partial charge in [-0.05, 0) is 20.8 Å². The van der Waals surface area contributed by atoms with E-state index in [1.54, 1.807) is 4.90 Å². The molecular weight excluding hydrogens is 302 g/mol. The van der Waals surface area contributed by atoms with Crippen molar-refractivity contribution >= 4 is 18.5 Å². The third-order valence-electron chi connectivity index (χ3n) is 4.20. The number of aliphatic hydroxyl groups excluding tert-OH is 2. The Morgan fingerprint density at radius 3 is 2.70 bits per heavy atom. The summed E-state index contributed by atoms with van der Waals surface area (Å²) in [5.41, 5.74) is 5.82. The van der Waals surface area contributed by atoms with Gasteiger partial charge in [0, 0.05) is 0 Å². The van der Waals surface area contributed by atoms with Crippen LogP contribution in [0, 0.1) is 0 Å². The van der Waals surface area contributed by atoms with E-state index in [1.807, 2.05) is 20.8 Å². The van der Waals surface area contributed by atoms with Crippen LogP contribution in [0.25, 0.3) is 0 Å². The fourth-order valence-corrected chi connectivity index (χ4v) is 3.13. The van der Waals surface area contributed by atoms with Gasteiger partial charge in [-0.15, -0.1) is 0 Å². The number of hydrogen-bond donors (Lipinski definition) is 3. The number of amidine groups is 1. The van der Waals surface area contributed by atoms with Crippen molar-refractivity contribution in [2.75, 3.05) is 0 Å². The molecule has 3 aliphatic rings. The van der Waals surface area contributed by atoms with E-state index in [9.17, 15) is 10.2 Å². The number of aliphatic hydroxyl groups is 2. The van der Waals surface area contributed by atoms with Crippen LogP contribution in [0.1, 0.15) is 20.8 Å². The van der Waals surface area contributed by atoms with Gasteiger partial charge >= 0.3 is 0 Å². The zero-order valence-electron chi connectivity index (χ0n) is 13.4. The molecule has 9 nitrogen and oxygen atoms in total. The van der Waals surface area contributed by atoms with Crippen molar-refractivity contribution in [2.24, 2.45) is 20.7 Å². The minimum absolute atomic E-state index is 0.00585. The van der Waals surface area contributed by atoms with Crippen LogP contribution in [-0.2, 0) is 9.47 Å². The highest BCUT2D eigenvalue weighted by molar-refractivity contribution is 5.96. The summed E-state index contributed by atoms with van der Waals surface area (Å²) in [6, 6.07) is -0.392. The Morgan fingerprint density at radius 1 is 1.26 bits per heavy atom. The number of rotatable bonds is 4. The molecule has 0 saturated carbocycles. The highest BCUT2D eigenvalue weighted by atomic mass is 16.6. The van der Waals surface area contributed by atoms with Gasteiger partial charge in [0.15, 0.2) is 12.4 Å². The molecule has 0 spiro atoms. The normalized spacial score (nSPS) is 40.6. The summed E-state index contributed by atoms with van der Waals surface area (Å²) in [7, 11) is 0. The number of nitrogens with zero attached hydrogens (tertiary/aromatic N) is 4. The number of fused-ring (bicyclic) bond motifs is 1. The van der Waals surface area contributed by atoms with E-state index >= 15 is 0 Å². The molecule has 9 heteroatoms. The molecule has 0 aromatic carbocycles. The summed E-state index contributed by atoms with van der Waals surface area (Å²) >= 11 is 0. The Kier molecular flexibility index (Phi) is 4.37. The largest absolute Gasteiger partial charge is 0.387 e. The van der Waals surface area contributed by atoms with E-state index in [2.05, 4.69) is 15.0 Å². The number of ether oxygens (including phenoxy) is 2. The average Bonchev–Trinajstić information content (AvgIpc) is 3.02. The summed E-state index contributed by atoms with van der Waals surface area (Å²) < 4.78 is 11.5. The summed E-state index contributed by atoms with van der Waals surface area (Å²) in [5, 5.41) is 20.7. The molecule has 0 amide bonds. The lowest BCUT2D eigenvalue weighted by molar-refractivity contribution is -0.124. The van der Waals surface area contributed by atoms with Crippen LogP contribution >= 0.6 is 0 Å². The van der Waals surface area contributed by atoms with Crippen molar-refractivity contribution in [3.05, 3.63) is 0 Å². The summed E-state index contributed by atoms with van der Waals surface area (Å²) in [5.74, 6) is 0.366.